The number of hydrogen-bond donors (Lipinski definition) is 0. The van der Waals surface area contributed by atoms with Gasteiger partial charge in [-0.25, -0.2) is 8.42 Å². The first-order valence-electron chi connectivity index (χ1n) is 10.1. The maximum absolute atomic E-state index is 10.2. The minimum absolute atomic E-state index is 0.195. The maximum Gasteiger partial charge on any atom is 0.104 e. The van der Waals surface area contributed by atoms with Crippen molar-refractivity contribution in [2.75, 3.05) is 25.4 Å². The fraction of sp³-hybridized carbons (Fsp3) is 0.714. The number of hydrogen-bond acceptors (Lipinski definition) is 3. The molecule has 0 amide bonds. The van der Waals surface area contributed by atoms with E-state index in [1.54, 1.807) is 0 Å². The number of benzene rings is 1. The lowest BCUT2D eigenvalue weighted by atomic mass is 10.1. The van der Waals surface area contributed by atoms with E-state index in [-0.39, 0.29) is 5.75 Å². The highest BCUT2D eigenvalue weighted by Crippen LogP contribution is 2.13. The highest BCUT2D eigenvalue weighted by atomic mass is 32.2. The maximum atomic E-state index is 10.2. The van der Waals surface area contributed by atoms with Gasteiger partial charge in [-0.1, -0.05) is 69.4 Å². The van der Waals surface area contributed by atoms with Crippen LogP contribution in [-0.2, 0) is 16.7 Å². The summed E-state index contributed by atoms with van der Waals surface area (Å²) >= 11 is 0. The monoisotopic (exact) mass is 385 g/mol. The van der Waals surface area contributed by atoms with Crippen LogP contribution in [-0.4, -0.2) is 42.8 Å². The molecule has 26 heavy (non-hydrogen) atoms. The molecule has 0 saturated carbocycles. The van der Waals surface area contributed by atoms with Gasteiger partial charge in [0.25, 0.3) is 0 Å². The highest BCUT2D eigenvalue weighted by molar-refractivity contribution is 7.85. The van der Waals surface area contributed by atoms with Gasteiger partial charge in [0.05, 0.1) is 29.8 Å². The molecule has 5 heteroatoms. The molecule has 0 aliphatic rings. The summed E-state index contributed by atoms with van der Waals surface area (Å²) in [4.78, 5) is 0. The topological polar surface area (TPSA) is 57.2 Å². The van der Waals surface area contributed by atoms with Gasteiger partial charge in [0.15, 0.2) is 0 Å². The molecule has 0 spiro atoms. The summed E-state index contributed by atoms with van der Waals surface area (Å²) in [6, 6.07) is 10.8. The summed E-state index contributed by atoms with van der Waals surface area (Å²) < 4.78 is 31.7. The van der Waals surface area contributed by atoms with Gasteiger partial charge in [0.2, 0.25) is 0 Å². The van der Waals surface area contributed by atoms with E-state index in [2.05, 4.69) is 58.0 Å². The summed E-state index contributed by atoms with van der Waals surface area (Å²) in [7, 11) is -3.97. The zero-order valence-corrected chi connectivity index (χ0v) is 18.1. The van der Waals surface area contributed by atoms with Crippen molar-refractivity contribution in [3.05, 3.63) is 35.9 Å². The van der Waals surface area contributed by atoms with E-state index in [1.165, 1.54) is 49.1 Å². The van der Waals surface area contributed by atoms with E-state index in [0.717, 1.165) is 19.3 Å². The van der Waals surface area contributed by atoms with E-state index in [4.69, 9.17) is 0 Å². The van der Waals surface area contributed by atoms with Crippen molar-refractivity contribution < 1.29 is 17.5 Å². The van der Waals surface area contributed by atoms with Crippen molar-refractivity contribution in [2.24, 2.45) is 0 Å². The largest absolute Gasteiger partial charge is 0.748 e. The predicted molar refractivity (Wildman–Crippen MR) is 110 cm³/mol. The van der Waals surface area contributed by atoms with E-state index in [1.807, 2.05) is 0 Å². The molecule has 0 radical (unpaired) electrons. The fourth-order valence-electron chi connectivity index (χ4n) is 3.04. The van der Waals surface area contributed by atoms with Gasteiger partial charge in [0, 0.05) is 11.3 Å². The SMILES string of the molecule is CCCCCCCCS(=O)(=O)[O-].CC[N+](CC)(CC)Cc1ccccc1. The quantitative estimate of drug-likeness (QED) is 0.290. The van der Waals surface area contributed by atoms with Crippen LogP contribution in [0.3, 0.4) is 0 Å². The lowest BCUT2D eigenvalue weighted by Gasteiger charge is -2.35. The number of nitrogens with zero attached hydrogens (tertiary/aromatic N) is 1. The van der Waals surface area contributed by atoms with Crippen LogP contribution in [0.15, 0.2) is 30.3 Å². The van der Waals surface area contributed by atoms with Crippen LogP contribution in [0.4, 0.5) is 0 Å². The summed E-state index contributed by atoms with van der Waals surface area (Å²) in [6.07, 6.45) is 5.96. The van der Waals surface area contributed by atoms with Gasteiger partial charge < -0.3 is 9.04 Å². The van der Waals surface area contributed by atoms with E-state index < -0.39 is 10.1 Å². The van der Waals surface area contributed by atoms with Crippen LogP contribution in [0.1, 0.15) is 71.8 Å². The summed E-state index contributed by atoms with van der Waals surface area (Å²) in [6.45, 7) is 13.8. The molecule has 0 aliphatic heterocycles. The third-order valence-corrected chi connectivity index (χ3v) is 5.91. The molecular weight excluding hydrogens is 346 g/mol. The summed E-state index contributed by atoms with van der Waals surface area (Å²) in [5.41, 5.74) is 1.46. The molecule has 0 atom stereocenters. The first kappa shape index (κ1) is 25.1. The van der Waals surface area contributed by atoms with E-state index in [0.29, 0.717) is 6.42 Å². The Labute approximate surface area is 162 Å². The van der Waals surface area contributed by atoms with Crippen LogP contribution in [0, 0.1) is 0 Å². The number of unbranched alkanes of at least 4 members (excludes halogenated alkanes) is 5. The van der Waals surface area contributed by atoms with Gasteiger partial charge in [-0.15, -0.1) is 0 Å². The van der Waals surface area contributed by atoms with Crippen molar-refractivity contribution in [2.45, 2.75) is 72.8 Å². The third kappa shape index (κ3) is 12.4. The van der Waals surface area contributed by atoms with Gasteiger partial charge in [-0.05, 0) is 27.2 Å². The smallest absolute Gasteiger partial charge is 0.104 e. The highest BCUT2D eigenvalue weighted by Gasteiger charge is 2.20. The van der Waals surface area contributed by atoms with E-state index >= 15 is 0 Å². The molecule has 1 aromatic carbocycles. The Morgan fingerprint density at radius 2 is 1.31 bits per heavy atom. The molecular formula is C21H39NO3S. The van der Waals surface area contributed by atoms with Crippen molar-refractivity contribution in [1.29, 1.82) is 0 Å². The Morgan fingerprint density at radius 1 is 0.808 bits per heavy atom. The molecule has 0 bridgehead atoms. The average Bonchev–Trinajstić information content (AvgIpc) is 2.63. The van der Waals surface area contributed by atoms with Crippen LogP contribution < -0.4 is 0 Å². The van der Waals surface area contributed by atoms with Crippen LogP contribution in [0.2, 0.25) is 0 Å². The lowest BCUT2D eigenvalue weighted by Crippen LogP contribution is -2.46. The minimum atomic E-state index is -3.97. The van der Waals surface area contributed by atoms with Gasteiger partial charge in [-0.2, -0.15) is 0 Å². The molecule has 0 aromatic heterocycles. The van der Waals surface area contributed by atoms with Crippen molar-refractivity contribution in [3.63, 3.8) is 0 Å². The van der Waals surface area contributed by atoms with Crippen molar-refractivity contribution >= 4 is 10.1 Å². The van der Waals surface area contributed by atoms with Crippen LogP contribution in [0.25, 0.3) is 0 Å². The number of rotatable bonds is 12. The second-order valence-corrected chi connectivity index (χ2v) is 8.49. The minimum Gasteiger partial charge on any atom is -0.748 e. The Bertz CT molecular complexity index is 531. The van der Waals surface area contributed by atoms with E-state index in [9.17, 15) is 13.0 Å². The molecule has 0 N–H and O–H groups in total. The Morgan fingerprint density at radius 3 is 1.77 bits per heavy atom. The van der Waals surface area contributed by atoms with Crippen molar-refractivity contribution in [3.8, 4) is 0 Å². The second kappa shape index (κ2) is 14.2. The molecule has 0 fully saturated rings. The Balaban J connectivity index is 0.000000488. The molecule has 1 aromatic rings. The molecule has 1 rings (SSSR count). The Hall–Kier alpha value is -0.910. The van der Waals surface area contributed by atoms with Crippen LogP contribution >= 0.6 is 0 Å². The fourth-order valence-corrected chi connectivity index (χ4v) is 3.59. The van der Waals surface area contributed by atoms with Gasteiger partial charge in [-0.3, -0.25) is 0 Å². The standard InChI is InChI=1S/C13H22N.C8H18O3S/c1-4-14(5-2,6-3)12-13-10-8-7-9-11-13;1-2-3-4-5-6-7-8-12(9,10)11/h7-11H,4-6,12H2,1-3H3;2-8H2,1H3,(H,9,10,11)/q+1;/p-1. The van der Waals surface area contributed by atoms with Crippen molar-refractivity contribution in [1.82, 2.24) is 0 Å². The average molecular weight is 386 g/mol. The molecule has 0 saturated heterocycles. The molecule has 0 heterocycles. The Kier molecular flexibility index (Phi) is 13.7. The summed E-state index contributed by atoms with van der Waals surface area (Å²) in [5, 5.41) is 0. The van der Waals surface area contributed by atoms with Crippen LogP contribution in [0.5, 0.6) is 0 Å². The van der Waals surface area contributed by atoms with Gasteiger partial charge in [0.1, 0.15) is 6.54 Å². The molecule has 0 unspecified atom stereocenters. The van der Waals surface area contributed by atoms with Gasteiger partial charge >= 0.3 is 0 Å². The number of quaternary nitrogens is 1. The first-order valence-corrected chi connectivity index (χ1v) is 11.7. The molecule has 0 aliphatic carbocycles. The predicted octanol–water partition coefficient (Wildman–Crippen LogP) is 4.96. The normalized spacial score (nSPS) is 11.7. The molecule has 4 nitrogen and oxygen atoms in total. The third-order valence-electron chi connectivity index (χ3n) is 5.12. The zero-order valence-electron chi connectivity index (χ0n) is 17.2. The first-order chi connectivity index (χ1) is 12.3. The zero-order chi connectivity index (χ0) is 19.9. The summed E-state index contributed by atoms with van der Waals surface area (Å²) in [5.74, 6) is -0.195. The second-order valence-electron chi connectivity index (χ2n) is 6.96. The molecule has 152 valence electrons. The lowest BCUT2D eigenvalue weighted by molar-refractivity contribution is -0.936.